The third kappa shape index (κ3) is 1.53. The van der Waals surface area contributed by atoms with Crippen LogP contribution in [0, 0.1) is 5.92 Å². The Morgan fingerprint density at radius 2 is 2.62 bits per heavy atom. The molecule has 2 rings (SSSR count). The van der Waals surface area contributed by atoms with E-state index in [1.807, 2.05) is 0 Å². The van der Waals surface area contributed by atoms with Gasteiger partial charge in [-0.2, -0.15) is 22.7 Å². The number of hydrogen-bond donors (Lipinski definition) is 2. The van der Waals surface area contributed by atoms with Crippen molar-refractivity contribution in [1.82, 2.24) is 15.2 Å². The number of hydrogen-bond acceptors (Lipinski definition) is 4. The SMILES string of the molecule is O=C1CC(CS)CN1c1ncn[nH]1. The van der Waals surface area contributed by atoms with E-state index in [2.05, 4.69) is 27.8 Å². The van der Waals surface area contributed by atoms with Gasteiger partial charge in [-0.3, -0.25) is 9.69 Å². The summed E-state index contributed by atoms with van der Waals surface area (Å²) in [7, 11) is 0. The third-order valence-electron chi connectivity index (χ3n) is 2.12. The summed E-state index contributed by atoms with van der Waals surface area (Å²) in [6.07, 6.45) is 1.96. The minimum Gasteiger partial charge on any atom is -0.281 e. The first-order valence-corrected chi connectivity index (χ1v) is 4.71. The molecule has 0 aliphatic carbocycles. The molecule has 0 radical (unpaired) electrons. The van der Waals surface area contributed by atoms with Crippen LogP contribution in [0.2, 0.25) is 0 Å². The highest BCUT2D eigenvalue weighted by atomic mass is 32.1. The van der Waals surface area contributed by atoms with Crippen molar-refractivity contribution in [3.05, 3.63) is 6.33 Å². The zero-order valence-corrected chi connectivity index (χ0v) is 7.87. The first kappa shape index (κ1) is 8.55. The standard InChI is InChI=1S/C7H10N4OS/c12-6-1-5(3-13)2-11(6)7-8-4-9-10-7/h4-5,13H,1-3H2,(H,8,9,10). The molecule has 0 spiro atoms. The molecule has 70 valence electrons. The van der Waals surface area contributed by atoms with Crippen LogP contribution in [0.1, 0.15) is 6.42 Å². The number of aromatic amines is 1. The van der Waals surface area contributed by atoms with Crippen LogP contribution in [0.15, 0.2) is 6.33 Å². The number of H-pyrrole nitrogens is 1. The van der Waals surface area contributed by atoms with Crippen molar-refractivity contribution in [2.75, 3.05) is 17.2 Å². The highest BCUT2D eigenvalue weighted by Gasteiger charge is 2.30. The van der Waals surface area contributed by atoms with Crippen LogP contribution < -0.4 is 4.90 Å². The van der Waals surface area contributed by atoms with Crippen LogP contribution in [0.3, 0.4) is 0 Å². The maximum Gasteiger partial charge on any atom is 0.229 e. The summed E-state index contributed by atoms with van der Waals surface area (Å²) >= 11 is 4.17. The van der Waals surface area contributed by atoms with Gasteiger partial charge in [-0.05, 0) is 11.7 Å². The molecule has 1 unspecified atom stereocenters. The lowest BCUT2D eigenvalue weighted by Gasteiger charge is -2.11. The van der Waals surface area contributed by atoms with Crippen molar-refractivity contribution in [3.8, 4) is 0 Å². The summed E-state index contributed by atoms with van der Waals surface area (Å²) < 4.78 is 0. The van der Waals surface area contributed by atoms with Crippen LogP contribution in [0.4, 0.5) is 5.95 Å². The van der Waals surface area contributed by atoms with E-state index in [0.717, 1.165) is 5.75 Å². The van der Waals surface area contributed by atoms with Crippen molar-refractivity contribution >= 4 is 24.5 Å². The lowest BCUT2D eigenvalue weighted by atomic mass is 10.1. The number of aromatic nitrogens is 3. The number of carbonyl (C=O) groups is 1. The van der Waals surface area contributed by atoms with Crippen molar-refractivity contribution in [3.63, 3.8) is 0 Å². The van der Waals surface area contributed by atoms with Gasteiger partial charge in [0.2, 0.25) is 11.9 Å². The first-order valence-electron chi connectivity index (χ1n) is 4.08. The predicted molar refractivity (Wildman–Crippen MR) is 50.7 cm³/mol. The molecule has 0 bridgehead atoms. The molecule has 1 N–H and O–H groups in total. The monoisotopic (exact) mass is 198 g/mol. The summed E-state index contributed by atoms with van der Waals surface area (Å²) in [5, 5.41) is 6.38. The molecule has 1 saturated heterocycles. The zero-order chi connectivity index (χ0) is 9.26. The molecule has 1 aromatic rings. The smallest absolute Gasteiger partial charge is 0.229 e. The lowest BCUT2D eigenvalue weighted by molar-refractivity contribution is -0.117. The molecule has 1 aromatic heterocycles. The van der Waals surface area contributed by atoms with Gasteiger partial charge in [-0.25, -0.2) is 5.10 Å². The first-order chi connectivity index (χ1) is 6.31. The summed E-state index contributed by atoms with van der Waals surface area (Å²) in [5.74, 6) is 1.70. The quantitative estimate of drug-likeness (QED) is 0.662. The molecular formula is C7H10N4OS. The van der Waals surface area contributed by atoms with E-state index in [9.17, 15) is 4.79 Å². The molecule has 0 aromatic carbocycles. The fraction of sp³-hybridized carbons (Fsp3) is 0.571. The van der Waals surface area contributed by atoms with E-state index in [0.29, 0.717) is 24.8 Å². The van der Waals surface area contributed by atoms with Gasteiger partial charge < -0.3 is 0 Å². The van der Waals surface area contributed by atoms with Gasteiger partial charge in [0, 0.05) is 13.0 Å². The maximum absolute atomic E-state index is 11.4. The summed E-state index contributed by atoms with van der Waals surface area (Å²) in [6, 6.07) is 0. The van der Waals surface area contributed by atoms with E-state index in [4.69, 9.17) is 0 Å². The van der Waals surface area contributed by atoms with Gasteiger partial charge in [0.25, 0.3) is 0 Å². The molecule has 1 fully saturated rings. The van der Waals surface area contributed by atoms with E-state index >= 15 is 0 Å². The van der Waals surface area contributed by atoms with Gasteiger partial charge in [0.1, 0.15) is 6.33 Å². The van der Waals surface area contributed by atoms with Crippen molar-refractivity contribution in [2.24, 2.45) is 5.92 Å². The topological polar surface area (TPSA) is 61.9 Å². The Hall–Kier alpha value is -1.04. The maximum atomic E-state index is 11.4. The lowest BCUT2D eigenvalue weighted by Crippen LogP contribution is -2.25. The normalized spacial score (nSPS) is 22.7. The van der Waals surface area contributed by atoms with Crippen LogP contribution in [0.5, 0.6) is 0 Å². The number of rotatable bonds is 2. The van der Waals surface area contributed by atoms with Gasteiger partial charge in [0.15, 0.2) is 0 Å². The third-order valence-corrected chi connectivity index (χ3v) is 2.64. The Morgan fingerprint density at radius 3 is 3.15 bits per heavy atom. The molecule has 13 heavy (non-hydrogen) atoms. The molecule has 1 atom stereocenters. The Labute approximate surface area is 80.9 Å². The summed E-state index contributed by atoms with van der Waals surface area (Å²) in [4.78, 5) is 17.0. The number of amides is 1. The van der Waals surface area contributed by atoms with E-state index in [-0.39, 0.29) is 5.91 Å². The second-order valence-electron chi connectivity index (χ2n) is 3.07. The number of nitrogens with zero attached hydrogens (tertiary/aromatic N) is 3. The van der Waals surface area contributed by atoms with E-state index in [1.165, 1.54) is 6.33 Å². The molecule has 1 amide bonds. The van der Waals surface area contributed by atoms with Gasteiger partial charge in [0.05, 0.1) is 0 Å². The van der Waals surface area contributed by atoms with Crippen LogP contribution in [-0.2, 0) is 4.79 Å². The average molecular weight is 198 g/mol. The Kier molecular flexibility index (Phi) is 2.22. The second-order valence-corrected chi connectivity index (χ2v) is 3.43. The fourth-order valence-electron chi connectivity index (χ4n) is 1.44. The molecule has 6 heteroatoms. The summed E-state index contributed by atoms with van der Waals surface area (Å²) in [5.41, 5.74) is 0. The number of thiol groups is 1. The number of nitrogens with one attached hydrogen (secondary N) is 1. The number of carbonyl (C=O) groups excluding carboxylic acids is 1. The highest BCUT2D eigenvalue weighted by molar-refractivity contribution is 7.80. The molecular weight excluding hydrogens is 188 g/mol. The fourth-order valence-corrected chi connectivity index (χ4v) is 1.68. The van der Waals surface area contributed by atoms with Crippen molar-refractivity contribution < 1.29 is 4.79 Å². The Morgan fingerprint density at radius 1 is 1.77 bits per heavy atom. The van der Waals surface area contributed by atoms with Gasteiger partial charge >= 0.3 is 0 Å². The minimum absolute atomic E-state index is 0.0933. The highest BCUT2D eigenvalue weighted by Crippen LogP contribution is 2.21. The van der Waals surface area contributed by atoms with Crippen LogP contribution in [-0.4, -0.2) is 33.4 Å². The average Bonchev–Trinajstić information content (AvgIpc) is 2.72. The molecule has 2 heterocycles. The molecule has 5 nitrogen and oxygen atoms in total. The van der Waals surface area contributed by atoms with Crippen molar-refractivity contribution in [2.45, 2.75) is 6.42 Å². The Balaban J connectivity index is 2.14. The van der Waals surface area contributed by atoms with E-state index in [1.54, 1.807) is 4.90 Å². The van der Waals surface area contributed by atoms with Crippen molar-refractivity contribution in [1.29, 1.82) is 0 Å². The van der Waals surface area contributed by atoms with Crippen LogP contribution in [0.25, 0.3) is 0 Å². The van der Waals surface area contributed by atoms with Gasteiger partial charge in [-0.15, -0.1) is 0 Å². The predicted octanol–water partition coefficient (Wildman–Crippen LogP) is 0.0874. The van der Waals surface area contributed by atoms with Gasteiger partial charge in [-0.1, -0.05) is 0 Å². The molecule has 1 aliphatic rings. The minimum atomic E-state index is 0.0933. The second kappa shape index (κ2) is 3.37. The molecule has 1 aliphatic heterocycles. The van der Waals surface area contributed by atoms with Crippen LogP contribution >= 0.6 is 12.6 Å². The molecule has 0 saturated carbocycles. The summed E-state index contributed by atoms with van der Waals surface area (Å²) in [6.45, 7) is 0.692. The van der Waals surface area contributed by atoms with E-state index < -0.39 is 0 Å². The largest absolute Gasteiger partial charge is 0.281 e. The Bertz CT molecular complexity index is 299. The number of anilines is 1. The zero-order valence-electron chi connectivity index (χ0n) is 6.97.